The van der Waals surface area contributed by atoms with E-state index in [4.69, 9.17) is 10.5 Å². The quantitative estimate of drug-likeness (QED) is 0.649. The van der Waals surface area contributed by atoms with Gasteiger partial charge in [0.15, 0.2) is 0 Å². The molecule has 5 nitrogen and oxygen atoms in total. The third-order valence-electron chi connectivity index (χ3n) is 3.67. The first-order valence-corrected chi connectivity index (χ1v) is 5.72. The molecule has 0 radical (unpaired) electrons. The van der Waals surface area contributed by atoms with Crippen LogP contribution in [0.3, 0.4) is 0 Å². The van der Waals surface area contributed by atoms with Gasteiger partial charge in [0.05, 0.1) is 30.2 Å². The number of rotatable bonds is 2. The Morgan fingerprint density at radius 2 is 2.50 bits per heavy atom. The number of ether oxygens (including phenoxy) is 1. The number of piperidine rings is 1. The van der Waals surface area contributed by atoms with Gasteiger partial charge in [0.25, 0.3) is 0 Å². The number of carbonyl (C=O) groups is 1. The second kappa shape index (κ2) is 4.04. The van der Waals surface area contributed by atoms with Crippen molar-refractivity contribution in [2.45, 2.75) is 38.4 Å². The number of nitrogens with zero attached hydrogens (tertiary/aromatic N) is 1. The monoisotopic (exact) mass is 223 g/mol. The Labute approximate surface area is 94.9 Å². The van der Waals surface area contributed by atoms with Gasteiger partial charge in [0.2, 0.25) is 0 Å². The molecule has 3 N–H and O–H groups in total. The molecule has 1 aliphatic carbocycles. The van der Waals surface area contributed by atoms with Crippen LogP contribution in [0, 0.1) is 22.7 Å². The molecule has 2 aliphatic rings. The maximum absolute atomic E-state index is 11.9. The van der Waals surface area contributed by atoms with Gasteiger partial charge in [-0.1, -0.05) is 0 Å². The predicted molar refractivity (Wildman–Crippen MR) is 56.9 cm³/mol. The minimum atomic E-state index is -0.610. The van der Waals surface area contributed by atoms with Crippen molar-refractivity contribution >= 4 is 5.97 Å². The average Bonchev–Trinajstić information content (AvgIpc) is 2.49. The largest absolute Gasteiger partial charge is 0.466 e. The van der Waals surface area contributed by atoms with Crippen LogP contribution in [-0.4, -0.2) is 24.8 Å². The molecule has 4 atom stereocenters. The molecule has 5 heteroatoms. The second-order valence-corrected chi connectivity index (χ2v) is 4.62. The Balaban J connectivity index is 2.25. The summed E-state index contributed by atoms with van der Waals surface area (Å²) in [5.41, 5.74) is 5.23. The van der Waals surface area contributed by atoms with E-state index >= 15 is 0 Å². The van der Waals surface area contributed by atoms with Crippen LogP contribution in [0.2, 0.25) is 0 Å². The van der Waals surface area contributed by atoms with E-state index < -0.39 is 5.41 Å². The van der Waals surface area contributed by atoms with E-state index in [-0.39, 0.29) is 24.1 Å². The third-order valence-corrected chi connectivity index (χ3v) is 3.67. The van der Waals surface area contributed by atoms with Gasteiger partial charge in [0, 0.05) is 6.04 Å². The average molecular weight is 223 g/mol. The maximum Gasteiger partial charge on any atom is 0.312 e. The number of nitrogens with two attached hydrogens (primary N) is 1. The summed E-state index contributed by atoms with van der Waals surface area (Å²) in [5.74, 6) is -0.608. The highest BCUT2D eigenvalue weighted by molar-refractivity contribution is 5.76. The maximum atomic E-state index is 11.9. The molecule has 0 spiro atoms. The summed E-state index contributed by atoms with van der Waals surface area (Å²) in [7, 11) is 0. The number of nitrogens with one attached hydrogen (secondary N) is 1. The van der Waals surface area contributed by atoms with Crippen molar-refractivity contribution in [2.24, 2.45) is 17.1 Å². The molecule has 1 heterocycles. The zero-order chi connectivity index (χ0) is 11.8. The molecule has 2 unspecified atom stereocenters. The SMILES string of the molecule is CCOC(=O)C1[C@@H]2CCC1(C#N)C[C@@H](N)N2. The third kappa shape index (κ3) is 1.58. The number of esters is 1. The van der Waals surface area contributed by atoms with E-state index in [9.17, 15) is 10.1 Å². The molecule has 0 aromatic heterocycles. The van der Waals surface area contributed by atoms with Gasteiger partial charge in [-0.05, 0) is 26.2 Å². The van der Waals surface area contributed by atoms with Crippen molar-refractivity contribution in [3.8, 4) is 6.07 Å². The Bertz CT molecular complexity index is 339. The summed E-state index contributed by atoms with van der Waals surface area (Å²) in [5, 5.41) is 12.5. The summed E-state index contributed by atoms with van der Waals surface area (Å²) in [4.78, 5) is 11.9. The van der Waals surface area contributed by atoms with E-state index in [0.717, 1.165) is 12.8 Å². The van der Waals surface area contributed by atoms with Crippen LogP contribution in [0.1, 0.15) is 26.2 Å². The van der Waals surface area contributed by atoms with Crippen molar-refractivity contribution in [3.05, 3.63) is 0 Å². The smallest absolute Gasteiger partial charge is 0.312 e. The molecular formula is C11H17N3O2. The normalized spacial score (nSPS) is 41.4. The van der Waals surface area contributed by atoms with Gasteiger partial charge in [-0.3, -0.25) is 10.1 Å². The van der Waals surface area contributed by atoms with Crippen molar-refractivity contribution in [3.63, 3.8) is 0 Å². The van der Waals surface area contributed by atoms with Crippen LogP contribution in [0.15, 0.2) is 0 Å². The van der Waals surface area contributed by atoms with E-state index in [2.05, 4.69) is 11.4 Å². The highest BCUT2D eigenvalue weighted by atomic mass is 16.5. The Morgan fingerprint density at radius 1 is 1.75 bits per heavy atom. The van der Waals surface area contributed by atoms with Gasteiger partial charge in [-0.25, -0.2) is 0 Å². The first-order chi connectivity index (χ1) is 7.63. The standard InChI is InChI=1S/C11H17N3O2/c1-2-16-10(15)9-7-3-4-11(9,6-12)5-8(13)14-7/h7-9,14H,2-5,13H2,1H3/t7-,8-,9?,11?/m0/s1. The summed E-state index contributed by atoms with van der Waals surface area (Å²) in [6, 6.07) is 2.31. The summed E-state index contributed by atoms with van der Waals surface area (Å²) < 4.78 is 5.05. The van der Waals surface area contributed by atoms with Gasteiger partial charge in [-0.2, -0.15) is 5.26 Å². The fourth-order valence-corrected chi connectivity index (χ4v) is 3.05. The zero-order valence-electron chi connectivity index (χ0n) is 9.40. The number of fused-ring (bicyclic) bond motifs is 2. The Morgan fingerprint density at radius 3 is 3.12 bits per heavy atom. The van der Waals surface area contributed by atoms with Gasteiger partial charge in [-0.15, -0.1) is 0 Å². The van der Waals surface area contributed by atoms with Crippen molar-refractivity contribution < 1.29 is 9.53 Å². The summed E-state index contributed by atoms with van der Waals surface area (Å²) >= 11 is 0. The molecular weight excluding hydrogens is 206 g/mol. The molecule has 88 valence electrons. The van der Waals surface area contributed by atoms with E-state index in [1.807, 2.05) is 0 Å². The van der Waals surface area contributed by atoms with E-state index in [0.29, 0.717) is 13.0 Å². The zero-order valence-corrected chi connectivity index (χ0v) is 9.40. The first-order valence-electron chi connectivity index (χ1n) is 5.72. The van der Waals surface area contributed by atoms with Gasteiger partial charge in [0.1, 0.15) is 0 Å². The molecule has 1 saturated heterocycles. The molecule has 0 aromatic carbocycles. The van der Waals surface area contributed by atoms with Crippen molar-refractivity contribution in [1.82, 2.24) is 5.32 Å². The molecule has 0 amide bonds. The Kier molecular flexibility index (Phi) is 2.87. The van der Waals surface area contributed by atoms with Crippen LogP contribution in [0.5, 0.6) is 0 Å². The van der Waals surface area contributed by atoms with Crippen molar-refractivity contribution in [2.75, 3.05) is 6.61 Å². The lowest BCUT2D eigenvalue weighted by atomic mass is 9.72. The summed E-state index contributed by atoms with van der Waals surface area (Å²) in [6.07, 6.45) is 1.91. The second-order valence-electron chi connectivity index (χ2n) is 4.62. The van der Waals surface area contributed by atoms with Crippen LogP contribution < -0.4 is 11.1 Å². The highest BCUT2D eigenvalue weighted by Gasteiger charge is 2.57. The lowest BCUT2D eigenvalue weighted by Gasteiger charge is -2.38. The minimum absolute atomic E-state index is 0.00227. The fourth-order valence-electron chi connectivity index (χ4n) is 3.05. The Hall–Kier alpha value is -1.12. The minimum Gasteiger partial charge on any atom is -0.466 e. The van der Waals surface area contributed by atoms with Crippen LogP contribution >= 0.6 is 0 Å². The molecule has 0 aromatic rings. The number of nitriles is 1. The van der Waals surface area contributed by atoms with Crippen LogP contribution in [-0.2, 0) is 9.53 Å². The van der Waals surface area contributed by atoms with Crippen LogP contribution in [0.4, 0.5) is 0 Å². The lowest BCUT2D eigenvalue weighted by molar-refractivity contribution is -0.153. The molecule has 2 rings (SSSR count). The molecule has 1 aliphatic heterocycles. The fraction of sp³-hybridized carbons (Fsp3) is 0.818. The first kappa shape index (κ1) is 11.4. The highest BCUT2D eigenvalue weighted by Crippen LogP contribution is 2.49. The topological polar surface area (TPSA) is 88.1 Å². The van der Waals surface area contributed by atoms with E-state index in [1.165, 1.54) is 0 Å². The molecule has 2 fully saturated rings. The number of hydrogen-bond donors (Lipinski definition) is 2. The van der Waals surface area contributed by atoms with E-state index in [1.54, 1.807) is 6.92 Å². The lowest BCUT2D eigenvalue weighted by Crippen LogP contribution is -2.57. The molecule has 16 heavy (non-hydrogen) atoms. The molecule has 1 saturated carbocycles. The summed E-state index contributed by atoms with van der Waals surface area (Å²) in [6.45, 7) is 2.14. The van der Waals surface area contributed by atoms with Crippen LogP contribution in [0.25, 0.3) is 0 Å². The number of carbonyl (C=O) groups excluding carboxylic acids is 1. The van der Waals surface area contributed by atoms with Crippen molar-refractivity contribution in [1.29, 1.82) is 5.26 Å². The van der Waals surface area contributed by atoms with Gasteiger partial charge < -0.3 is 10.5 Å². The number of hydrogen-bond acceptors (Lipinski definition) is 5. The predicted octanol–water partition coefficient (Wildman–Crippen LogP) is 0.116. The van der Waals surface area contributed by atoms with Gasteiger partial charge >= 0.3 is 5.97 Å². The molecule has 2 bridgehead atoms.